The van der Waals surface area contributed by atoms with Crippen LogP contribution in [-0.2, 0) is 17.5 Å². The number of hydrogen-bond donors (Lipinski definition) is 1. The zero-order valence-corrected chi connectivity index (χ0v) is 22.6. The fourth-order valence-corrected chi connectivity index (χ4v) is 5.07. The summed E-state index contributed by atoms with van der Waals surface area (Å²) in [5, 5.41) is 13.1. The molecule has 4 aromatic rings. The topological polar surface area (TPSA) is 85.2 Å². The van der Waals surface area contributed by atoms with Gasteiger partial charge < -0.3 is 10.1 Å². The van der Waals surface area contributed by atoms with Crippen molar-refractivity contribution >= 4 is 18.3 Å². The van der Waals surface area contributed by atoms with Crippen LogP contribution >= 0.6 is 12.4 Å². The summed E-state index contributed by atoms with van der Waals surface area (Å²) in [7, 11) is 1.49. The van der Waals surface area contributed by atoms with E-state index in [1.54, 1.807) is 12.1 Å². The van der Waals surface area contributed by atoms with Crippen molar-refractivity contribution in [2.24, 2.45) is 0 Å². The highest BCUT2D eigenvalue weighted by molar-refractivity contribution is 5.85. The summed E-state index contributed by atoms with van der Waals surface area (Å²) in [5.74, 6) is -0.969. The molecule has 210 valence electrons. The van der Waals surface area contributed by atoms with Crippen molar-refractivity contribution in [3.8, 4) is 11.4 Å². The average Bonchev–Trinajstić information content (AvgIpc) is 3.44. The lowest BCUT2D eigenvalue weighted by Gasteiger charge is -2.41. The molecule has 1 N–H and O–H groups in total. The minimum absolute atomic E-state index is 0. The first-order chi connectivity index (χ1) is 18.8. The second-order valence-electron chi connectivity index (χ2n) is 9.43. The van der Waals surface area contributed by atoms with E-state index in [0.29, 0.717) is 22.5 Å². The fourth-order valence-electron chi connectivity index (χ4n) is 5.07. The maximum atomic E-state index is 13.4. The van der Waals surface area contributed by atoms with E-state index >= 15 is 0 Å². The van der Waals surface area contributed by atoms with E-state index in [1.165, 1.54) is 13.2 Å². The molecule has 0 bridgehead atoms. The summed E-state index contributed by atoms with van der Waals surface area (Å²) in [6.45, 7) is 2.58. The number of methoxy groups -OCH3 is 1. The zero-order valence-electron chi connectivity index (χ0n) is 21.7. The Kier molecular flexibility index (Phi) is 8.75. The maximum Gasteiger partial charge on any atom is 0.453 e. The van der Waals surface area contributed by atoms with Gasteiger partial charge in [0.1, 0.15) is 5.75 Å². The maximum absolute atomic E-state index is 13.4. The molecule has 8 nitrogen and oxygen atoms in total. The molecule has 2 unspecified atom stereocenters. The molecule has 2 atom stereocenters. The van der Waals surface area contributed by atoms with Crippen LogP contribution < -0.4 is 10.1 Å². The second kappa shape index (κ2) is 12.1. The third kappa shape index (κ3) is 5.95. The van der Waals surface area contributed by atoms with Gasteiger partial charge in [0.2, 0.25) is 5.91 Å². The van der Waals surface area contributed by atoms with Gasteiger partial charge in [-0.2, -0.15) is 17.9 Å². The summed E-state index contributed by atoms with van der Waals surface area (Å²) in [6.07, 6.45) is -4.72. The minimum Gasteiger partial charge on any atom is -0.496 e. The lowest BCUT2D eigenvalue weighted by atomic mass is 9.83. The summed E-state index contributed by atoms with van der Waals surface area (Å²) < 4.78 is 46.5. The molecule has 5 rings (SSSR count). The monoisotopic (exact) mass is 572 g/mol. The van der Waals surface area contributed by atoms with Crippen molar-refractivity contribution in [2.75, 3.05) is 13.7 Å². The first-order valence-corrected chi connectivity index (χ1v) is 12.4. The predicted molar refractivity (Wildman–Crippen MR) is 144 cm³/mol. The fraction of sp³-hybridized carbons (Fsp3) is 0.286. The van der Waals surface area contributed by atoms with Crippen molar-refractivity contribution in [2.45, 2.75) is 37.6 Å². The summed E-state index contributed by atoms with van der Waals surface area (Å²) >= 11 is 0. The summed E-state index contributed by atoms with van der Waals surface area (Å²) in [5.41, 5.74) is 2.89. The van der Waals surface area contributed by atoms with Crippen LogP contribution in [0.2, 0.25) is 0 Å². The van der Waals surface area contributed by atoms with Crippen molar-refractivity contribution in [1.82, 2.24) is 30.4 Å². The molecule has 1 aromatic heterocycles. The molecule has 0 aliphatic carbocycles. The van der Waals surface area contributed by atoms with E-state index in [0.717, 1.165) is 11.1 Å². The predicted octanol–water partition coefficient (Wildman–Crippen LogP) is 4.63. The quantitative estimate of drug-likeness (QED) is 0.348. The number of piperazine rings is 1. The number of carbonyl (C=O) groups is 1. The van der Waals surface area contributed by atoms with Gasteiger partial charge in [0.25, 0.3) is 5.82 Å². The van der Waals surface area contributed by atoms with E-state index in [4.69, 9.17) is 4.74 Å². The molecule has 0 saturated carbocycles. The Balaban J connectivity index is 0.00000370. The molecular formula is C28H28ClF3N6O2. The van der Waals surface area contributed by atoms with Gasteiger partial charge in [-0.1, -0.05) is 60.7 Å². The van der Waals surface area contributed by atoms with Crippen molar-refractivity contribution in [1.29, 1.82) is 0 Å². The van der Waals surface area contributed by atoms with Crippen LogP contribution in [0.3, 0.4) is 0 Å². The largest absolute Gasteiger partial charge is 0.496 e. The number of aromatic nitrogens is 4. The molecule has 1 aliphatic heterocycles. The molecule has 2 heterocycles. The third-order valence-corrected chi connectivity index (χ3v) is 7.01. The highest BCUT2D eigenvalue weighted by Gasteiger charge is 2.39. The Morgan fingerprint density at radius 1 is 1.02 bits per heavy atom. The van der Waals surface area contributed by atoms with Crippen LogP contribution in [0.1, 0.15) is 35.4 Å². The molecule has 1 fully saturated rings. The summed E-state index contributed by atoms with van der Waals surface area (Å²) in [4.78, 5) is 15.2. The number of ether oxygens (including phenoxy) is 1. The Hall–Kier alpha value is -3.96. The van der Waals surface area contributed by atoms with Gasteiger partial charge in [-0.25, -0.2) is 0 Å². The minimum atomic E-state index is -4.72. The van der Waals surface area contributed by atoms with E-state index in [9.17, 15) is 18.0 Å². The lowest BCUT2D eigenvalue weighted by molar-refractivity contribution is -0.146. The molecule has 1 amide bonds. The van der Waals surface area contributed by atoms with Gasteiger partial charge in [0, 0.05) is 24.6 Å². The normalized spacial score (nSPS) is 17.8. The molecular weight excluding hydrogens is 545 g/mol. The van der Waals surface area contributed by atoms with Gasteiger partial charge in [0.05, 0.1) is 24.9 Å². The standard InChI is InChI=1S/C28H27F3N6O2.ClH/c1-18-26(38)32-23(25(19-9-5-3-6-10-19)20-11-7-4-8-12-20)17-36(18)16-21-15-22(13-14-24(21)39-2)37-27(28(29,30)31)33-34-35-37;/h3-15,18,23,25H,16-17H2,1-2H3,(H,32,38);1H. The van der Waals surface area contributed by atoms with E-state index in [2.05, 4.69) is 20.8 Å². The Morgan fingerprint density at radius 2 is 1.65 bits per heavy atom. The van der Waals surface area contributed by atoms with Gasteiger partial charge in [-0.05, 0) is 46.7 Å². The Labute approximate surface area is 235 Å². The number of halogens is 4. The SMILES string of the molecule is COc1ccc(-n2nnnc2C(F)(F)F)cc1CN1CC(C(c2ccccc2)c2ccccc2)NC(=O)C1C.Cl. The van der Waals surface area contributed by atoms with E-state index < -0.39 is 18.0 Å². The van der Waals surface area contributed by atoms with Crippen molar-refractivity contribution in [3.05, 3.63) is 101 Å². The van der Waals surface area contributed by atoms with Gasteiger partial charge in [-0.15, -0.1) is 17.5 Å². The van der Waals surface area contributed by atoms with Crippen LogP contribution in [0.15, 0.2) is 78.9 Å². The lowest BCUT2D eigenvalue weighted by Crippen LogP contribution is -2.60. The van der Waals surface area contributed by atoms with E-state index in [-0.39, 0.29) is 42.5 Å². The first kappa shape index (κ1) is 29.0. The zero-order chi connectivity index (χ0) is 27.6. The van der Waals surface area contributed by atoms with Crippen LogP contribution in [0.4, 0.5) is 13.2 Å². The Bertz CT molecular complexity index is 1400. The molecule has 1 saturated heterocycles. The number of nitrogens with one attached hydrogen (secondary N) is 1. The molecule has 3 aromatic carbocycles. The highest BCUT2D eigenvalue weighted by Crippen LogP contribution is 2.33. The van der Waals surface area contributed by atoms with Crippen LogP contribution in [0.5, 0.6) is 5.75 Å². The Morgan fingerprint density at radius 3 is 2.23 bits per heavy atom. The number of benzene rings is 3. The van der Waals surface area contributed by atoms with Crippen molar-refractivity contribution in [3.63, 3.8) is 0 Å². The van der Waals surface area contributed by atoms with E-state index in [1.807, 2.05) is 72.5 Å². The number of amides is 1. The molecule has 1 aliphatic rings. The van der Waals surface area contributed by atoms with Crippen LogP contribution in [0, 0.1) is 0 Å². The first-order valence-electron chi connectivity index (χ1n) is 12.4. The molecule has 12 heteroatoms. The number of hydrogen-bond acceptors (Lipinski definition) is 6. The van der Waals surface area contributed by atoms with Gasteiger partial charge in [0.15, 0.2) is 0 Å². The number of nitrogens with zero attached hydrogens (tertiary/aromatic N) is 5. The molecule has 0 spiro atoms. The smallest absolute Gasteiger partial charge is 0.453 e. The van der Waals surface area contributed by atoms with Gasteiger partial charge >= 0.3 is 6.18 Å². The highest BCUT2D eigenvalue weighted by atomic mass is 35.5. The second-order valence-corrected chi connectivity index (χ2v) is 9.43. The number of rotatable bonds is 7. The van der Waals surface area contributed by atoms with Crippen LogP contribution in [-0.4, -0.2) is 56.8 Å². The van der Waals surface area contributed by atoms with Crippen LogP contribution in [0.25, 0.3) is 5.69 Å². The third-order valence-electron chi connectivity index (χ3n) is 7.01. The summed E-state index contributed by atoms with van der Waals surface area (Å²) in [6, 6.07) is 23.9. The molecule has 0 radical (unpaired) electrons. The number of tetrazole rings is 1. The molecule has 40 heavy (non-hydrogen) atoms. The number of alkyl halides is 3. The van der Waals surface area contributed by atoms with Gasteiger partial charge in [-0.3, -0.25) is 9.69 Å². The van der Waals surface area contributed by atoms with Crippen molar-refractivity contribution < 1.29 is 22.7 Å². The number of carbonyl (C=O) groups excluding carboxylic acids is 1. The average molecular weight is 573 g/mol.